The molecule has 8 heteroatoms. The topological polar surface area (TPSA) is 55.8 Å². The molecule has 1 aromatic carbocycles. The Bertz CT molecular complexity index is 599. The van der Waals surface area contributed by atoms with Crippen LogP contribution >= 0.6 is 0 Å². The second-order valence-electron chi connectivity index (χ2n) is 5.26. The molecular weight excluding hydrogens is 303 g/mol. The second kappa shape index (κ2) is 5.28. The third kappa shape index (κ3) is 2.78. The Balaban J connectivity index is 1.69. The number of hydrogen-bond donors (Lipinski definition) is 0. The molecule has 0 bridgehead atoms. The van der Waals surface area contributed by atoms with Crippen LogP contribution in [-0.2, 0) is 31.8 Å². The van der Waals surface area contributed by atoms with Crippen LogP contribution in [0.15, 0.2) is 24.3 Å². The number of esters is 1. The molecule has 5 nitrogen and oxygen atoms in total. The van der Waals surface area contributed by atoms with Crippen molar-refractivity contribution in [3.63, 3.8) is 0 Å². The molecule has 0 amide bonds. The Morgan fingerprint density at radius 1 is 1.14 bits per heavy atom. The lowest BCUT2D eigenvalue weighted by Crippen LogP contribution is -2.47. The van der Waals surface area contributed by atoms with Crippen molar-refractivity contribution in [2.24, 2.45) is 5.92 Å². The van der Waals surface area contributed by atoms with Crippen molar-refractivity contribution < 1.29 is 32.3 Å². The number of hydroxylamine groups is 2. The Morgan fingerprint density at radius 2 is 1.82 bits per heavy atom. The predicted molar refractivity (Wildman–Crippen MR) is 65.9 cm³/mol. The molecule has 2 fully saturated rings. The Labute approximate surface area is 123 Å². The van der Waals surface area contributed by atoms with Crippen molar-refractivity contribution in [2.45, 2.75) is 25.2 Å². The van der Waals surface area contributed by atoms with Gasteiger partial charge in [0, 0.05) is 12.5 Å². The van der Waals surface area contributed by atoms with Gasteiger partial charge in [0.2, 0.25) is 0 Å². The van der Waals surface area contributed by atoms with Crippen LogP contribution in [0.1, 0.15) is 17.5 Å². The van der Waals surface area contributed by atoms with Gasteiger partial charge in [-0.1, -0.05) is 17.2 Å². The van der Waals surface area contributed by atoms with Gasteiger partial charge < -0.3 is 9.57 Å². The first-order chi connectivity index (χ1) is 10.3. The van der Waals surface area contributed by atoms with E-state index in [9.17, 15) is 22.8 Å². The zero-order chi connectivity index (χ0) is 15.9. The van der Waals surface area contributed by atoms with Gasteiger partial charge in [0.1, 0.15) is 0 Å². The number of benzene rings is 1. The summed E-state index contributed by atoms with van der Waals surface area (Å²) in [5, 5.41) is 1.30. The third-order valence-corrected chi connectivity index (χ3v) is 3.78. The van der Waals surface area contributed by atoms with E-state index in [1.54, 1.807) is 0 Å². The summed E-state index contributed by atoms with van der Waals surface area (Å²) in [7, 11) is 0. The molecule has 0 N–H and O–H groups in total. The Morgan fingerprint density at radius 3 is 2.45 bits per heavy atom. The molecule has 2 aliphatic rings. The molecule has 2 unspecified atom stereocenters. The van der Waals surface area contributed by atoms with Crippen molar-refractivity contribution in [3.8, 4) is 0 Å². The molecule has 2 saturated heterocycles. The number of fused-ring (bicyclic) bond motifs is 1. The monoisotopic (exact) mass is 315 g/mol. The van der Waals surface area contributed by atoms with Gasteiger partial charge in [-0.2, -0.15) is 13.2 Å². The van der Waals surface area contributed by atoms with Gasteiger partial charge in [-0.05, 0) is 30.5 Å². The maximum atomic E-state index is 12.5. The quantitative estimate of drug-likeness (QED) is 0.616. The first-order valence-corrected chi connectivity index (χ1v) is 6.70. The SMILES string of the molecule is O=C1OC2C(Cc3ccc(C(F)(F)F)cc3)CCN2OC1=O. The van der Waals surface area contributed by atoms with Crippen molar-refractivity contribution in [1.29, 1.82) is 0 Å². The maximum Gasteiger partial charge on any atom is 0.436 e. The number of nitrogens with zero attached hydrogens (tertiary/aromatic N) is 1. The van der Waals surface area contributed by atoms with E-state index in [1.807, 2.05) is 0 Å². The summed E-state index contributed by atoms with van der Waals surface area (Å²) >= 11 is 0. The summed E-state index contributed by atoms with van der Waals surface area (Å²) in [6, 6.07) is 4.86. The van der Waals surface area contributed by atoms with Crippen molar-refractivity contribution >= 4 is 11.9 Å². The minimum atomic E-state index is -4.37. The summed E-state index contributed by atoms with van der Waals surface area (Å²) in [4.78, 5) is 27.2. The van der Waals surface area contributed by atoms with Gasteiger partial charge in [0.25, 0.3) is 0 Å². The molecule has 3 rings (SSSR count). The van der Waals surface area contributed by atoms with Crippen molar-refractivity contribution in [3.05, 3.63) is 35.4 Å². The molecular formula is C14H12F3NO4. The average Bonchev–Trinajstić information content (AvgIpc) is 2.81. The molecule has 2 atom stereocenters. The van der Waals surface area contributed by atoms with Crippen LogP contribution in [0.2, 0.25) is 0 Å². The van der Waals surface area contributed by atoms with Crippen LogP contribution in [0.5, 0.6) is 0 Å². The van der Waals surface area contributed by atoms with Gasteiger partial charge in [0.15, 0.2) is 6.23 Å². The summed E-state index contributed by atoms with van der Waals surface area (Å²) in [5.74, 6) is -2.22. The van der Waals surface area contributed by atoms with E-state index in [4.69, 9.17) is 9.57 Å². The zero-order valence-electron chi connectivity index (χ0n) is 11.3. The summed E-state index contributed by atoms with van der Waals surface area (Å²) in [6.45, 7) is 0.426. The Kier molecular flexibility index (Phi) is 3.56. The Hall–Kier alpha value is -2.09. The third-order valence-electron chi connectivity index (χ3n) is 3.78. The molecule has 0 saturated carbocycles. The fraction of sp³-hybridized carbons (Fsp3) is 0.429. The van der Waals surface area contributed by atoms with E-state index >= 15 is 0 Å². The van der Waals surface area contributed by atoms with Gasteiger partial charge in [0.05, 0.1) is 5.56 Å². The largest absolute Gasteiger partial charge is 0.436 e. The number of carbonyl (C=O) groups excluding carboxylic acids is 2. The highest BCUT2D eigenvalue weighted by atomic mass is 19.4. The van der Waals surface area contributed by atoms with Crippen molar-refractivity contribution in [1.82, 2.24) is 5.06 Å². The summed E-state index contributed by atoms with van der Waals surface area (Å²) in [5.41, 5.74) is -0.00452. The maximum absolute atomic E-state index is 12.5. The highest BCUT2D eigenvalue weighted by molar-refractivity contribution is 6.29. The number of alkyl halides is 3. The highest BCUT2D eigenvalue weighted by Crippen LogP contribution is 2.33. The van der Waals surface area contributed by atoms with Gasteiger partial charge >= 0.3 is 18.1 Å². The minimum Gasteiger partial charge on any atom is -0.434 e. The van der Waals surface area contributed by atoms with E-state index in [1.165, 1.54) is 17.2 Å². The fourth-order valence-corrected chi connectivity index (χ4v) is 2.69. The van der Waals surface area contributed by atoms with Crippen LogP contribution in [-0.4, -0.2) is 29.8 Å². The van der Waals surface area contributed by atoms with Gasteiger partial charge in [-0.15, -0.1) is 0 Å². The number of carbonyl (C=O) groups is 2. The zero-order valence-corrected chi connectivity index (χ0v) is 11.3. The molecule has 118 valence electrons. The van der Waals surface area contributed by atoms with Crippen LogP contribution < -0.4 is 0 Å². The second-order valence-corrected chi connectivity index (χ2v) is 5.26. The van der Waals surface area contributed by atoms with E-state index in [0.717, 1.165) is 12.1 Å². The molecule has 1 aromatic rings. The molecule has 22 heavy (non-hydrogen) atoms. The molecule has 0 aromatic heterocycles. The molecule has 2 aliphatic heterocycles. The highest BCUT2D eigenvalue weighted by Gasteiger charge is 2.45. The lowest BCUT2D eigenvalue weighted by Gasteiger charge is -2.29. The lowest BCUT2D eigenvalue weighted by molar-refractivity contribution is -0.259. The van der Waals surface area contributed by atoms with E-state index in [2.05, 4.69) is 0 Å². The van der Waals surface area contributed by atoms with Crippen LogP contribution in [0.3, 0.4) is 0 Å². The van der Waals surface area contributed by atoms with Crippen molar-refractivity contribution in [2.75, 3.05) is 6.54 Å². The summed E-state index contributed by atoms with van der Waals surface area (Å²) < 4.78 is 42.6. The number of hydrogen-bond acceptors (Lipinski definition) is 5. The first kappa shape index (κ1) is 14.8. The smallest absolute Gasteiger partial charge is 0.434 e. The van der Waals surface area contributed by atoms with E-state index in [-0.39, 0.29) is 5.92 Å². The minimum absolute atomic E-state index is 0.131. The molecule has 0 spiro atoms. The number of ether oxygens (including phenoxy) is 1. The standard InChI is InChI=1S/C14H12F3NO4/c15-14(16,17)10-3-1-8(2-4-10)7-9-5-6-18-11(9)21-12(19)13(20)22-18/h1-4,9,11H,5-7H2. The van der Waals surface area contributed by atoms with Crippen LogP contribution in [0.25, 0.3) is 0 Å². The van der Waals surface area contributed by atoms with Crippen LogP contribution in [0, 0.1) is 5.92 Å². The molecule has 0 radical (unpaired) electrons. The first-order valence-electron chi connectivity index (χ1n) is 6.70. The van der Waals surface area contributed by atoms with E-state index < -0.39 is 29.9 Å². The van der Waals surface area contributed by atoms with Crippen LogP contribution in [0.4, 0.5) is 13.2 Å². The normalized spacial score (nSPS) is 25.6. The number of rotatable bonds is 2. The average molecular weight is 315 g/mol. The van der Waals surface area contributed by atoms with Gasteiger partial charge in [-0.3, -0.25) is 0 Å². The van der Waals surface area contributed by atoms with E-state index in [0.29, 0.717) is 24.9 Å². The lowest BCUT2D eigenvalue weighted by atomic mass is 9.96. The number of halogens is 3. The fourth-order valence-electron chi connectivity index (χ4n) is 2.69. The van der Waals surface area contributed by atoms with Gasteiger partial charge in [-0.25, -0.2) is 9.59 Å². The molecule has 2 heterocycles. The molecule has 0 aliphatic carbocycles. The predicted octanol–water partition coefficient (Wildman–Crippen LogP) is 1.91. The summed E-state index contributed by atoms with van der Waals surface area (Å²) in [6.07, 6.45) is -3.99.